The van der Waals surface area contributed by atoms with Gasteiger partial charge >= 0.3 is 5.97 Å². The van der Waals surface area contributed by atoms with E-state index >= 15 is 0 Å². The summed E-state index contributed by atoms with van der Waals surface area (Å²) in [6, 6.07) is 23.7. The van der Waals surface area contributed by atoms with Crippen LogP contribution in [-0.2, 0) is 27.3 Å². The van der Waals surface area contributed by atoms with Crippen molar-refractivity contribution < 1.29 is 23.8 Å². The number of fused-ring (bicyclic) bond motifs is 1. The van der Waals surface area contributed by atoms with Crippen LogP contribution in [0.1, 0.15) is 54.0 Å². The second-order valence-electron chi connectivity index (χ2n) is 11.4. The molecule has 9 heteroatoms. The second kappa shape index (κ2) is 13.4. The Hall–Kier alpha value is -4.92. The smallest absolute Gasteiger partial charge is 0.308 e. The van der Waals surface area contributed by atoms with E-state index < -0.39 is 6.04 Å². The highest BCUT2D eigenvalue weighted by molar-refractivity contribution is 5.90. The van der Waals surface area contributed by atoms with E-state index in [2.05, 4.69) is 34.1 Å². The number of β-lactam (4-membered cyclic amide) rings is 1. The maximum absolute atomic E-state index is 13.5. The molecule has 2 aliphatic heterocycles. The molecule has 2 aliphatic rings. The molecule has 1 fully saturated rings. The van der Waals surface area contributed by atoms with Crippen molar-refractivity contribution in [2.75, 3.05) is 38.8 Å². The number of pyridine rings is 2. The van der Waals surface area contributed by atoms with Crippen LogP contribution in [0.25, 0.3) is 11.3 Å². The number of benzene rings is 2. The van der Waals surface area contributed by atoms with Crippen LogP contribution in [0.2, 0.25) is 0 Å². The van der Waals surface area contributed by atoms with Gasteiger partial charge in [0.2, 0.25) is 11.8 Å². The van der Waals surface area contributed by atoms with E-state index in [1.807, 2.05) is 42.5 Å². The van der Waals surface area contributed by atoms with Gasteiger partial charge in [-0.25, -0.2) is 9.97 Å². The summed E-state index contributed by atoms with van der Waals surface area (Å²) < 4.78 is 15.7. The molecular weight excluding hydrogens is 568 g/mol. The summed E-state index contributed by atoms with van der Waals surface area (Å²) in [6.45, 7) is 4.31. The van der Waals surface area contributed by atoms with Gasteiger partial charge < -0.3 is 24.0 Å². The summed E-state index contributed by atoms with van der Waals surface area (Å²) in [7, 11) is 3.23. The number of aromatic nitrogens is 2. The standard InChI is InChI=1S/C36H38N4O5/c1-4-45-34(41)20-32(28-14-18-33(44-3)37-21-28)40-23-30(36(40)42)25-9-11-26(12-10-25)31-17-13-27-6-5-19-39(35(27)38-31)22-24-7-15-29(43-2)16-8-24/h7-18,21,30,32H,4-6,19-20,22-23H2,1-3H3/t30?,32-/m0/s1. The quantitative estimate of drug-likeness (QED) is 0.158. The lowest BCUT2D eigenvalue weighted by Crippen LogP contribution is -2.52. The second-order valence-corrected chi connectivity index (χ2v) is 11.4. The first-order valence-corrected chi connectivity index (χ1v) is 15.4. The SMILES string of the molecule is CCOC(=O)C[C@@H](c1ccc(OC)nc1)N1CC(c2ccc(-c3ccc4c(n3)N(Cc3ccc(OC)cc3)CCC4)cc2)C1=O. The highest BCUT2D eigenvalue weighted by Crippen LogP contribution is 2.38. The predicted molar refractivity (Wildman–Crippen MR) is 171 cm³/mol. The molecule has 232 valence electrons. The molecule has 0 saturated carbocycles. The molecule has 1 saturated heterocycles. The van der Waals surface area contributed by atoms with Crippen molar-refractivity contribution in [1.29, 1.82) is 0 Å². The van der Waals surface area contributed by atoms with Crippen LogP contribution in [0, 0.1) is 0 Å². The number of aryl methyl sites for hydroxylation is 1. The summed E-state index contributed by atoms with van der Waals surface area (Å²) in [5.41, 5.74) is 6.11. The number of ether oxygens (including phenoxy) is 3. The molecule has 0 bridgehead atoms. The highest BCUT2D eigenvalue weighted by Gasteiger charge is 2.43. The minimum absolute atomic E-state index is 0.0195. The van der Waals surface area contributed by atoms with Gasteiger partial charge in [-0.3, -0.25) is 9.59 Å². The van der Waals surface area contributed by atoms with Gasteiger partial charge in [0.25, 0.3) is 0 Å². The molecule has 1 amide bonds. The van der Waals surface area contributed by atoms with E-state index in [9.17, 15) is 9.59 Å². The Labute approximate surface area is 263 Å². The molecule has 1 unspecified atom stereocenters. The Kier molecular flexibility index (Phi) is 8.96. The summed E-state index contributed by atoms with van der Waals surface area (Å²) >= 11 is 0. The molecular formula is C36H38N4O5. The number of nitrogens with zero attached hydrogens (tertiary/aromatic N) is 4. The lowest BCUT2D eigenvalue weighted by Gasteiger charge is -2.43. The zero-order valence-corrected chi connectivity index (χ0v) is 25.9. The number of likely N-dealkylation sites (tertiary alicyclic amines) is 1. The van der Waals surface area contributed by atoms with Gasteiger partial charge in [-0.1, -0.05) is 48.5 Å². The van der Waals surface area contributed by atoms with Crippen molar-refractivity contribution in [3.63, 3.8) is 0 Å². The molecule has 6 rings (SSSR count). The normalized spacial score (nSPS) is 16.4. The Bertz CT molecular complexity index is 1640. The van der Waals surface area contributed by atoms with Crippen LogP contribution in [-0.4, -0.2) is 60.7 Å². The van der Waals surface area contributed by atoms with Gasteiger partial charge in [0.05, 0.1) is 44.9 Å². The van der Waals surface area contributed by atoms with E-state index in [1.165, 1.54) is 11.1 Å². The zero-order chi connectivity index (χ0) is 31.3. The Morgan fingerprint density at radius 2 is 1.78 bits per heavy atom. The maximum atomic E-state index is 13.5. The first-order chi connectivity index (χ1) is 22.0. The summed E-state index contributed by atoms with van der Waals surface area (Å²) in [6.07, 6.45) is 3.84. The minimum atomic E-state index is -0.453. The molecule has 2 aromatic heterocycles. The van der Waals surface area contributed by atoms with Crippen LogP contribution in [0.3, 0.4) is 0 Å². The summed E-state index contributed by atoms with van der Waals surface area (Å²) in [5, 5.41) is 0. The van der Waals surface area contributed by atoms with Gasteiger partial charge in [0.1, 0.15) is 11.6 Å². The van der Waals surface area contributed by atoms with Crippen LogP contribution >= 0.6 is 0 Å². The molecule has 0 aliphatic carbocycles. The summed E-state index contributed by atoms with van der Waals surface area (Å²) in [5.74, 6) is 1.72. The number of carbonyl (C=O) groups is 2. The molecule has 4 heterocycles. The Morgan fingerprint density at radius 1 is 0.978 bits per heavy atom. The Balaban J connectivity index is 1.16. The lowest BCUT2D eigenvalue weighted by atomic mass is 9.86. The van der Waals surface area contributed by atoms with E-state index in [-0.39, 0.29) is 30.8 Å². The van der Waals surface area contributed by atoms with Crippen LogP contribution in [0.5, 0.6) is 11.6 Å². The fourth-order valence-corrected chi connectivity index (χ4v) is 6.14. The number of anilines is 1. The van der Waals surface area contributed by atoms with E-state index in [1.54, 1.807) is 38.3 Å². The van der Waals surface area contributed by atoms with Crippen molar-refractivity contribution >= 4 is 17.7 Å². The molecule has 45 heavy (non-hydrogen) atoms. The highest BCUT2D eigenvalue weighted by atomic mass is 16.5. The van der Waals surface area contributed by atoms with Crippen LogP contribution < -0.4 is 14.4 Å². The van der Waals surface area contributed by atoms with Gasteiger partial charge in [-0.15, -0.1) is 0 Å². The van der Waals surface area contributed by atoms with Gasteiger partial charge in [-0.2, -0.15) is 0 Å². The average molecular weight is 607 g/mol. The predicted octanol–water partition coefficient (Wildman–Crippen LogP) is 5.73. The van der Waals surface area contributed by atoms with E-state index in [0.29, 0.717) is 12.4 Å². The molecule has 0 radical (unpaired) electrons. The largest absolute Gasteiger partial charge is 0.497 e. The van der Waals surface area contributed by atoms with Crippen molar-refractivity contribution in [3.05, 3.63) is 101 Å². The third kappa shape index (κ3) is 6.48. The Morgan fingerprint density at radius 3 is 2.44 bits per heavy atom. The zero-order valence-electron chi connectivity index (χ0n) is 25.9. The van der Waals surface area contributed by atoms with E-state index in [0.717, 1.165) is 59.9 Å². The number of esters is 1. The third-order valence-corrected chi connectivity index (χ3v) is 8.63. The summed E-state index contributed by atoms with van der Waals surface area (Å²) in [4.78, 5) is 39.4. The molecule has 0 spiro atoms. The maximum Gasteiger partial charge on any atom is 0.308 e. The van der Waals surface area contributed by atoms with Crippen molar-refractivity contribution in [2.24, 2.45) is 0 Å². The molecule has 2 aromatic carbocycles. The average Bonchev–Trinajstić information content (AvgIpc) is 3.08. The molecule has 0 N–H and O–H groups in total. The fourth-order valence-electron chi connectivity index (χ4n) is 6.14. The first kappa shape index (κ1) is 30.1. The lowest BCUT2D eigenvalue weighted by molar-refractivity contribution is -0.151. The fraction of sp³-hybridized carbons (Fsp3) is 0.333. The number of carbonyl (C=O) groups excluding carboxylic acids is 2. The third-order valence-electron chi connectivity index (χ3n) is 8.63. The first-order valence-electron chi connectivity index (χ1n) is 15.4. The van der Waals surface area contributed by atoms with Gasteiger partial charge in [-0.05, 0) is 60.2 Å². The van der Waals surface area contributed by atoms with Crippen molar-refractivity contribution in [1.82, 2.24) is 14.9 Å². The molecule has 2 atom stereocenters. The molecule has 4 aromatic rings. The van der Waals surface area contributed by atoms with Gasteiger partial charge in [0, 0.05) is 37.5 Å². The monoisotopic (exact) mass is 606 g/mol. The minimum Gasteiger partial charge on any atom is -0.497 e. The topological polar surface area (TPSA) is 94.1 Å². The van der Waals surface area contributed by atoms with Crippen LogP contribution in [0.15, 0.2) is 79.0 Å². The van der Waals surface area contributed by atoms with E-state index in [4.69, 9.17) is 19.2 Å². The van der Waals surface area contributed by atoms with Crippen molar-refractivity contribution in [2.45, 2.75) is 44.7 Å². The number of hydrogen-bond donors (Lipinski definition) is 0. The van der Waals surface area contributed by atoms with Crippen molar-refractivity contribution in [3.8, 4) is 22.9 Å². The molecule has 9 nitrogen and oxygen atoms in total. The van der Waals surface area contributed by atoms with Crippen LogP contribution in [0.4, 0.5) is 5.82 Å². The number of hydrogen-bond acceptors (Lipinski definition) is 8. The number of rotatable bonds is 11. The van der Waals surface area contributed by atoms with Gasteiger partial charge in [0.15, 0.2) is 0 Å². The number of amides is 1. The number of methoxy groups -OCH3 is 2.